The van der Waals surface area contributed by atoms with Gasteiger partial charge >= 0.3 is 0 Å². The van der Waals surface area contributed by atoms with Gasteiger partial charge < -0.3 is 8.98 Å². The Hall–Kier alpha value is -3.27. The summed E-state index contributed by atoms with van der Waals surface area (Å²) in [4.78, 5) is 9.77. The van der Waals surface area contributed by atoms with Gasteiger partial charge in [-0.3, -0.25) is 4.98 Å². The molecule has 6 aromatic rings. The molecule has 0 fully saturated rings. The summed E-state index contributed by atoms with van der Waals surface area (Å²) in [6.07, 6.45) is 1.83. The molecule has 0 N–H and O–H groups in total. The Morgan fingerprint density at radius 2 is 1.57 bits per heavy atom. The molecule has 0 spiro atoms. The number of hydrogen-bond donors (Lipinski definition) is 0. The first kappa shape index (κ1) is 23.5. The van der Waals surface area contributed by atoms with Crippen LogP contribution in [0.15, 0.2) is 77.3 Å². The van der Waals surface area contributed by atoms with Crippen molar-refractivity contribution >= 4 is 33.1 Å². The average molecular weight is 637 g/mol. The smallest absolute Gasteiger partial charge is 0.229 e. The van der Waals surface area contributed by atoms with Crippen LogP contribution in [0.3, 0.4) is 0 Å². The van der Waals surface area contributed by atoms with Gasteiger partial charge in [-0.2, -0.15) is 0 Å². The van der Waals surface area contributed by atoms with Gasteiger partial charge in [0.05, 0.1) is 28.4 Å². The van der Waals surface area contributed by atoms with E-state index in [1.165, 1.54) is 16.8 Å². The van der Waals surface area contributed by atoms with E-state index < -0.39 is 0 Å². The Morgan fingerprint density at radius 3 is 2.26 bits per heavy atom. The van der Waals surface area contributed by atoms with Crippen molar-refractivity contribution in [3.63, 3.8) is 0 Å². The summed E-state index contributed by atoms with van der Waals surface area (Å²) in [5.41, 5.74) is 8.07. The summed E-state index contributed by atoms with van der Waals surface area (Å²) >= 11 is 0. The minimum Gasteiger partial charge on any atom is -0.438 e. The van der Waals surface area contributed by atoms with Crippen molar-refractivity contribution in [1.82, 2.24) is 14.5 Å². The number of rotatable bonds is 4. The quantitative estimate of drug-likeness (QED) is 0.184. The van der Waals surface area contributed by atoms with Gasteiger partial charge in [-0.1, -0.05) is 64.1 Å². The minimum absolute atomic E-state index is 0. The molecule has 3 aromatic heterocycles. The van der Waals surface area contributed by atoms with E-state index >= 15 is 0 Å². The first-order valence-electron chi connectivity index (χ1n) is 11.8. The predicted octanol–water partition coefficient (Wildman–Crippen LogP) is 8.03. The van der Waals surface area contributed by atoms with E-state index in [0.29, 0.717) is 17.5 Å². The largest absolute Gasteiger partial charge is 0.438 e. The molecule has 5 heteroatoms. The Morgan fingerprint density at radius 1 is 0.857 bits per heavy atom. The van der Waals surface area contributed by atoms with Gasteiger partial charge in [-0.15, -0.1) is 35.9 Å². The van der Waals surface area contributed by atoms with Crippen LogP contribution in [-0.2, 0) is 20.1 Å². The van der Waals surface area contributed by atoms with Crippen LogP contribution in [0.2, 0.25) is 0 Å². The van der Waals surface area contributed by atoms with Gasteiger partial charge in [-0.25, -0.2) is 4.98 Å². The molecule has 0 aliphatic heterocycles. The first-order chi connectivity index (χ1) is 16.5. The maximum Gasteiger partial charge on any atom is 0.229 e. The van der Waals surface area contributed by atoms with Crippen LogP contribution in [0, 0.1) is 6.07 Å². The molecule has 0 saturated heterocycles. The number of benzene rings is 3. The second-order valence-corrected chi connectivity index (χ2v) is 9.41. The van der Waals surface area contributed by atoms with Crippen molar-refractivity contribution in [2.24, 2.45) is 0 Å². The van der Waals surface area contributed by atoms with Gasteiger partial charge in [0.2, 0.25) is 5.71 Å². The van der Waals surface area contributed by atoms with Crippen molar-refractivity contribution in [1.29, 1.82) is 0 Å². The molecule has 0 aliphatic rings. The number of pyridine rings is 1. The van der Waals surface area contributed by atoms with E-state index in [2.05, 4.69) is 73.6 Å². The van der Waals surface area contributed by atoms with Crippen LogP contribution in [0.25, 0.3) is 50.2 Å². The molecule has 0 unspecified atom stereocenters. The normalized spacial score (nSPS) is 11.7. The standard InChI is InChI=1S/C30H26N3O.Ir/c1-18(2)21-14-10-15-22(19(3)4)27(21)33-28-24(32-29(33)20-11-6-5-7-12-20)17-31-30-26(28)23-13-8-9-16-25(23)34-30;/h5-11,13-19H,1-4H3;/q-1;. The second kappa shape index (κ2) is 9.07. The van der Waals surface area contributed by atoms with Crippen molar-refractivity contribution in [3.05, 3.63) is 90.1 Å². The van der Waals surface area contributed by atoms with Crippen LogP contribution in [0.1, 0.15) is 50.7 Å². The van der Waals surface area contributed by atoms with Crippen LogP contribution in [-0.4, -0.2) is 14.5 Å². The summed E-state index contributed by atoms with van der Waals surface area (Å²) in [6.45, 7) is 9.00. The third-order valence-corrected chi connectivity index (χ3v) is 6.54. The van der Waals surface area contributed by atoms with Crippen LogP contribution < -0.4 is 0 Å². The molecular weight excluding hydrogens is 611 g/mol. The van der Waals surface area contributed by atoms with E-state index in [0.717, 1.165) is 38.8 Å². The zero-order chi connectivity index (χ0) is 23.4. The molecule has 0 saturated carbocycles. The number of hydrogen-bond acceptors (Lipinski definition) is 3. The molecule has 0 atom stereocenters. The van der Waals surface area contributed by atoms with Crippen LogP contribution in [0.4, 0.5) is 0 Å². The number of fused-ring (bicyclic) bond motifs is 5. The van der Waals surface area contributed by atoms with Gasteiger partial charge in [-0.05, 0) is 29.0 Å². The van der Waals surface area contributed by atoms with Crippen LogP contribution in [0.5, 0.6) is 0 Å². The number of para-hydroxylation sites is 2. The van der Waals surface area contributed by atoms with E-state index in [1.54, 1.807) is 0 Å². The molecule has 4 nitrogen and oxygen atoms in total. The Kier molecular flexibility index (Phi) is 6.08. The zero-order valence-electron chi connectivity index (χ0n) is 20.2. The van der Waals surface area contributed by atoms with E-state index in [1.807, 2.05) is 42.6 Å². The fourth-order valence-corrected chi connectivity index (χ4v) is 4.94. The summed E-state index contributed by atoms with van der Waals surface area (Å²) in [5.74, 6) is 1.56. The molecule has 0 amide bonds. The Balaban J connectivity index is 0.00000253. The molecular formula is C30H26IrN3O-. The summed E-state index contributed by atoms with van der Waals surface area (Å²) in [7, 11) is 0. The Bertz CT molecular complexity index is 1640. The molecule has 6 rings (SSSR count). The van der Waals surface area contributed by atoms with Crippen molar-refractivity contribution in [3.8, 4) is 17.1 Å². The summed E-state index contributed by atoms with van der Waals surface area (Å²) in [6, 6.07) is 26.2. The number of imidazole rings is 1. The molecule has 1 radical (unpaired) electrons. The average Bonchev–Trinajstić information content (AvgIpc) is 3.42. The van der Waals surface area contributed by atoms with Crippen LogP contribution >= 0.6 is 0 Å². The third-order valence-electron chi connectivity index (χ3n) is 6.54. The van der Waals surface area contributed by atoms with Gasteiger partial charge in [0.15, 0.2) is 0 Å². The monoisotopic (exact) mass is 637 g/mol. The topological polar surface area (TPSA) is 43.9 Å². The van der Waals surface area contributed by atoms with Gasteiger partial charge in [0, 0.05) is 31.2 Å². The Labute approximate surface area is 218 Å². The molecule has 0 aliphatic carbocycles. The molecule has 3 aromatic carbocycles. The zero-order valence-corrected chi connectivity index (χ0v) is 22.6. The maximum atomic E-state index is 6.16. The number of furan rings is 1. The number of aromatic nitrogens is 3. The maximum absolute atomic E-state index is 6.16. The van der Waals surface area contributed by atoms with E-state index in [-0.39, 0.29) is 20.1 Å². The molecule has 35 heavy (non-hydrogen) atoms. The number of nitrogens with zero attached hydrogens (tertiary/aromatic N) is 3. The van der Waals surface area contributed by atoms with Crippen molar-refractivity contribution < 1.29 is 24.5 Å². The second-order valence-electron chi connectivity index (χ2n) is 9.41. The first-order valence-corrected chi connectivity index (χ1v) is 11.8. The molecule has 177 valence electrons. The fourth-order valence-electron chi connectivity index (χ4n) is 4.94. The molecule has 0 bridgehead atoms. The SMILES string of the molecule is CC(C)c1cccc(C(C)C)c1-n1c(-c2[c-]cccc2)nc2cnc3oc4ccccc4c3c21.[Ir]. The summed E-state index contributed by atoms with van der Waals surface area (Å²) < 4.78 is 8.49. The molecule has 3 heterocycles. The summed E-state index contributed by atoms with van der Waals surface area (Å²) in [5, 5.41) is 2.05. The van der Waals surface area contributed by atoms with Gasteiger partial charge in [0.25, 0.3) is 0 Å². The van der Waals surface area contributed by atoms with E-state index in [9.17, 15) is 0 Å². The van der Waals surface area contributed by atoms with Gasteiger partial charge in [0.1, 0.15) is 5.58 Å². The minimum atomic E-state index is 0. The van der Waals surface area contributed by atoms with Crippen molar-refractivity contribution in [2.45, 2.75) is 39.5 Å². The predicted molar refractivity (Wildman–Crippen MR) is 139 cm³/mol. The third kappa shape index (κ3) is 3.71. The van der Waals surface area contributed by atoms with Crippen molar-refractivity contribution in [2.75, 3.05) is 0 Å². The fraction of sp³-hybridized carbons (Fsp3) is 0.200. The van der Waals surface area contributed by atoms with E-state index in [4.69, 9.17) is 9.40 Å².